The highest BCUT2D eigenvalue weighted by Crippen LogP contribution is 2.24. The molecule has 44 heavy (non-hydrogen) atoms. The zero-order chi connectivity index (χ0) is 31.3. The van der Waals surface area contributed by atoms with E-state index in [2.05, 4.69) is 20.8 Å². The van der Waals surface area contributed by atoms with Crippen LogP contribution in [0.4, 0.5) is 10.1 Å². The zero-order valence-electron chi connectivity index (χ0n) is 24.4. The minimum atomic E-state index is -3.61. The predicted octanol–water partition coefficient (Wildman–Crippen LogP) is 4.86. The standard InChI is InChI=1S/C31H33FN6O4S2/c1-21-6-7-22(2)27(18-21)34-29(39)20-43-31-36-35-28(38(31)25-12-10-24(32)11-13-25)19-33-30(40)23-8-14-26(15-9-23)44(41,42)37-16-4-3-5-17-37/h6-15,18H,3-5,16-17,19-20H2,1-2H3,(H,33,40)(H,34,39). The van der Waals surface area contributed by atoms with Gasteiger partial charge < -0.3 is 10.6 Å². The smallest absolute Gasteiger partial charge is 0.251 e. The van der Waals surface area contributed by atoms with Crippen molar-refractivity contribution >= 4 is 39.3 Å². The number of aryl methyl sites for hydroxylation is 2. The van der Waals surface area contributed by atoms with Crippen LogP contribution in [-0.4, -0.2) is 58.1 Å². The first-order valence-corrected chi connectivity index (χ1v) is 16.6. The van der Waals surface area contributed by atoms with Gasteiger partial charge >= 0.3 is 0 Å². The Morgan fingerprint density at radius 1 is 0.932 bits per heavy atom. The number of amides is 2. The summed E-state index contributed by atoms with van der Waals surface area (Å²) in [4.78, 5) is 25.9. The van der Waals surface area contributed by atoms with Crippen LogP contribution in [0, 0.1) is 19.7 Å². The summed E-state index contributed by atoms with van der Waals surface area (Å²) >= 11 is 1.16. The van der Waals surface area contributed by atoms with Crippen molar-refractivity contribution in [1.82, 2.24) is 24.4 Å². The monoisotopic (exact) mass is 636 g/mol. The maximum absolute atomic E-state index is 13.7. The lowest BCUT2D eigenvalue weighted by Crippen LogP contribution is -2.35. The van der Waals surface area contributed by atoms with Gasteiger partial charge in [-0.05, 0) is 92.4 Å². The molecule has 13 heteroatoms. The molecule has 0 bridgehead atoms. The van der Waals surface area contributed by atoms with E-state index in [0.717, 1.165) is 47.8 Å². The van der Waals surface area contributed by atoms with Crippen molar-refractivity contribution in [3.63, 3.8) is 0 Å². The fourth-order valence-corrected chi connectivity index (χ4v) is 7.13. The summed E-state index contributed by atoms with van der Waals surface area (Å²) < 4.78 is 42.7. The maximum Gasteiger partial charge on any atom is 0.251 e. The Hall–Kier alpha value is -4.07. The number of thioether (sulfide) groups is 1. The lowest BCUT2D eigenvalue weighted by atomic mass is 10.1. The molecule has 10 nitrogen and oxygen atoms in total. The van der Waals surface area contributed by atoms with Gasteiger partial charge in [0, 0.05) is 30.0 Å². The van der Waals surface area contributed by atoms with E-state index in [1.807, 2.05) is 32.0 Å². The van der Waals surface area contributed by atoms with Crippen molar-refractivity contribution in [2.45, 2.75) is 49.7 Å². The molecule has 0 spiro atoms. The van der Waals surface area contributed by atoms with Crippen LogP contribution in [0.15, 0.2) is 76.8 Å². The summed E-state index contributed by atoms with van der Waals surface area (Å²) in [5.74, 6) is -0.650. The minimum absolute atomic E-state index is 0.0215. The first-order chi connectivity index (χ1) is 21.1. The number of hydrogen-bond acceptors (Lipinski definition) is 7. The molecule has 4 aromatic rings. The van der Waals surface area contributed by atoms with Gasteiger partial charge in [0.05, 0.1) is 17.2 Å². The highest BCUT2D eigenvalue weighted by Gasteiger charge is 2.26. The van der Waals surface area contributed by atoms with Gasteiger partial charge in [0.2, 0.25) is 15.9 Å². The third-order valence-corrected chi connectivity index (χ3v) is 10.1. The van der Waals surface area contributed by atoms with E-state index in [4.69, 9.17) is 0 Å². The van der Waals surface area contributed by atoms with Crippen LogP contribution in [0.1, 0.15) is 46.6 Å². The Bertz CT molecular complexity index is 1750. The number of sulfonamides is 1. The molecule has 3 aromatic carbocycles. The van der Waals surface area contributed by atoms with E-state index in [9.17, 15) is 22.4 Å². The predicted molar refractivity (Wildman–Crippen MR) is 167 cm³/mol. The molecule has 2 heterocycles. The summed E-state index contributed by atoms with van der Waals surface area (Å²) in [7, 11) is -3.61. The van der Waals surface area contributed by atoms with Crippen molar-refractivity contribution in [3.8, 4) is 5.69 Å². The number of hydrogen-bond donors (Lipinski definition) is 2. The van der Waals surface area contributed by atoms with Gasteiger partial charge in [-0.2, -0.15) is 4.31 Å². The zero-order valence-corrected chi connectivity index (χ0v) is 26.0. The highest BCUT2D eigenvalue weighted by atomic mass is 32.2. The Morgan fingerprint density at radius 3 is 2.34 bits per heavy atom. The Kier molecular flexibility index (Phi) is 9.77. The number of nitrogens with zero attached hydrogens (tertiary/aromatic N) is 4. The van der Waals surface area contributed by atoms with Crippen LogP contribution in [0.2, 0.25) is 0 Å². The van der Waals surface area contributed by atoms with E-state index in [1.54, 1.807) is 16.7 Å². The van der Waals surface area contributed by atoms with Gasteiger partial charge in [-0.15, -0.1) is 10.2 Å². The van der Waals surface area contributed by atoms with Crippen LogP contribution >= 0.6 is 11.8 Å². The number of carbonyl (C=O) groups is 2. The lowest BCUT2D eigenvalue weighted by Gasteiger charge is -2.25. The number of anilines is 1. The van der Waals surface area contributed by atoms with Crippen molar-refractivity contribution in [1.29, 1.82) is 0 Å². The van der Waals surface area contributed by atoms with Crippen molar-refractivity contribution in [3.05, 3.63) is 95.1 Å². The minimum Gasteiger partial charge on any atom is -0.345 e. The first-order valence-electron chi connectivity index (χ1n) is 14.2. The van der Waals surface area contributed by atoms with Gasteiger partial charge in [0.15, 0.2) is 11.0 Å². The molecule has 2 amide bonds. The Morgan fingerprint density at radius 2 is 1.64 bits per heavy atom. The van der Waals surface area contributed by atoms with E-state index in [1.165, 1.54) is 40.7 Å². The third kappa shape index (κ3) is 7.34. The van der Waals surface area contributed by atoms with Gasteiger partial charge in [0.1, 0.15) is 5.82 Å². The van der Waals surface area contributed by atoms with Gasteiger partial charge in [-0.25, -0.2) is 12.8 Å². The molecular weight excluding hydrogens is 604 g/mol. The van der Waals surface area contributed by atoms with E-state index in [-0.39, 0.29) is 28.7 Å². The Labute approximate surface area is 260 Å². The molecule has 0 saturated carbocycles. The maximum atomic E-state index is 13.7. The molecule has 1 aromatic heterocycles. The number of carbonyl (C=O) groups excluding carboxylic acids is 2. The summed E-state index contributed by atoms with van der Waals surface area (Å²) in [6.07, 6.45) is 2.69. The lowest BCUT2D eigenvalue weighted by molar-refractivity contribution is -0.113. The molecule has 5 rings (SSSR count). The van der Waals surface area contributed by atoms with Crippen molar-refractivity contribution in [2.75, 3.05) is 24.2 Å². The quantitative estimate of drug-likeness (QED) is 0.238. The number of aromatic nitrogens is 3. The fourth-order valence-electron chi connectivity index (χ4n) is 4.84. The number of piperidine rings is 1. The summed E-state index contributed by atoms with van der Waals surface area (Å²) in [6.45, 7) is 4.84. The number of nitrogens with one attached hydrogen (secondary N) is 2. The molecule has 0 atom stereocenters. The molecule has 230 valence electrons. The van der Waals surface area contributed by atoms with Gasteiger partial charge in [-0.3, -0.25) is 14.2 Å². The summed E-state index contributed by atoms with van der Waals surface area (Å²) in [5.41, 5.74) is 3.55. The first kappa shape index (κ1) is 31.4. The number of benzene rings is 3. The fraction of sp³-hybridized carbons (Fsp3) is 0.290. The van der Waals surface area contributed by atoms with E-state index in [0.29, 0.717) is 29.8 Å². The summed E-state index contributed by atoms with van der Waals surface area (Å²) in [5, 5.41) is 14.6. The molecule has 1 aliphatic heterocycles. The van der Waals surface area contributed by atoms with Crippen LogP contribution < -0.4 is 10.6 Å². The molecule has 1 aliphatic rings. The molecule has 2 N–H and O–H groups in total. The van der Waals surface area contributed by atoms with Gasteiger partial charge in [-0.1, -0.05) is 30.3 Å². The molecular formula is C31H33FN6O4S2. The molecule has 1 saturated heterocycles. The second-order valence-electron chi connectivity index (χ2n) is 10.5. The van der Waals surface area contributed by atoms with E-state index < -0.39 is 21.7 Å². The number of halogens is 1. The SMILES string of the molecule is Cc1ccc(C)c(NC(=O)CSc2nnc(CNC(=O)c3ccc(S(=O)(=O)N4CCCCC4)cc3)n2-c2ccc(F)cc2)c1. The second kappa shape index (κ2) is 13.7. The van der Waals surface area contributed by atoms with Crippen LogP contribution in [0.5, 0.6) is 0 Å². The van der Waals surface area contributed by atoms with Crippen LogP contribution in [-0.2, 0) is 21.4 Å². The van der Waals surface area contributed by atoms with Crippen LogP contribution in [0.25, 0.3) is 5.69 Å². The van der Waals surface area contributed by atoms with E-state index >= 15 is 0 Å². The molecule has 0 aliphatic carbocycles. The second-order valence-corrected chi connectivity index (χ2v) is 13.4. The highest BCUT2D eigenvalue weighted by molar-refractivity contribution is 7.99. The average molecular weight is 637 g/mol. The largest absolute Gasteiger partial charge is 0.345 e. The molecule has 0 unspecified atom stereocenters. The normalized spacial score (nSPS) is 13.9. The average Bonchev–Trinajstić information content (AvgIpc) is 3.44. The summed E-state index contributed by atoms with van der Waals surface area (Å²) in [6, 6.07) is 17.4. The third-order valence-electron chi connectivity index (χ3n) is 7.26. The van der Waals surface area contributed by atoms with Crippen LogP contribution in [0.3, 0.4) is 0 Å². The topological polar surface area (TPSA) is 126 Å². The molecule has 0 radical (unpaired) electrons. The molecule has 1 fully saturated rings. The Balaban J connectivity index is 1.28. The van der Waals surface area contributed by atoms with Gasteiger partial charge in [0.25, 0.3) is 5.91 Å². The number of rotatable bonds is 10. The van der Waals surface area contributed by atoms with Crippen molar-refractivity contribution in [2.24, 2.45) is 0 Å². The van der Waals surface area contributed by atoms with Crippen molar-refractivity contribution < 1.29 is 22.4 Å².